The lowest BCUT2D eigenvalue weighted by Crippen LogP contribution is -2.30. The van der Waals surface area contributed by atoms with E-state index in [9.17, 15) is 0 Å². The lowest BCUT2D eigenvalue weighted by atomic mass is 10.1. The number of benzene rings is 2. The van der Waals surface area contributed by atoms with Gasteiger partial charge in [0.25, 0.3) is 0 Å². The Morgan fingerprint density at radius 1 is 1.10 bits per heavy atom. The number of nitrogens with one attached hydrogen (secondary N) is 2. The molecule has 2 aromatic carbocycles. The SMILES string of the molecule is COc1ccc(CCNC(=S)Nc2ncn(Cc3ccccc3C)n2)cc1OC. The minimum absolute atomic E-state index is 0.474. The van der Waals surface area contributed by atoms with Crippen LogP contribution in [0.15, 0.2) is 48.8 Å². The van der Waals surface area contributed by atoms with E-state index in [4.69, 9.17) is 21.7 Å². The lowest BCUT2D eigenvalue weighted by Gasteiger charge is -2.11. The molecule has 2 N–H and O–H groups in total. The Kier molecular flexibility index (Phi) is 7.02. The fraction of sp³-hybridized carbons (Fsp3) is 0.286. The van der Waals surface area contributed by atoms with Crippen molar-refractivity contribution in [3.8, 4) is 11.5 Å². The quantitative estimate of drug-likeness (QED) is 0.552. The monoisotopic (exact) mass is 411 g/mol. The Bertz CT molecular complexity index is 973. The van der Waals surface area contributed by atoms with Crippen LogP contribution < -0.4 is 20.1 Å². The maximum absolute atomic E-state index is 5.34. The molecule has 8 heteroatoms. The third-order valence-electron chi connectivity index (χ3n) is 4.50. The Morgan fingerprint density at radius 2 is 1.90 bits per heavy atom. The molecule has 152 valence electrons. The molecule has 0 saturated heterocycles. The molecule has 1 aromatic heterocycles. The van der Waals surface area contributed by atoms with Gasteiger partial charge in [-0.05, 0) is 54.4 Å². The van der Waals surface area contributed by atoms with Gasteiger partial charge in [0.15, 0.2) is 16.6 Å². The van der Waals surface area contributed by atoms with Crippen molar-refractivity contribution in [3.05, 3.63) is 65.5 Å². The summed E-state index contributed by atoms with van der Waals surface area (Å²) in [4.78, 5) is 4.27. The molecule has 29 heavy (non-hydrogen) atoms. The molecule has 0 atom stereocenters. The van der Waals surface area contributed by atoms with Gasteiger partial charge in [-0.25, -0.2) is 9.67 Å². The third kappa shape index (κ3) is 5.68. The summed E-state index contributed by atoms with van der Waals surface area (Å²) in [5, 5.41) is 11.1. The highest BCUT2D eigenvalue weighted by Crippen LogP contribution is 2.27. The minimum atomic E-state index is 0.474. The zero-order valence-electron chi connectivity index (χ0n) is 16.8. The first-order chi connectivity index (χ1) is 14.1. The molecule has 0 radical (unpaired) electrons. The number of ether oxygens (including phenoxy) is 2. The summed E-state index contributed by atoms with van der Waals surface area (Å²) >= 11 is 5.34. The highest BCUT2D eigenvalue weighted by atomic mass is 32.1. The molecule has 3 aromatic rings. The number of hydrogen-bond acceptors (Lipinski definition) is 5. The van der Waals surface area contributed by atoms with Crippen LogP contribution >= 0.6 is 12.2 Å². The molecule has 0 unspecified atom stereocenters. The molecule has 0 aliphatic rings. The van der Waals surface area contributed by atoms with Gasteiger partial charge < -0.3 is 14.8 Å². The summed E-state index contributed by atoms with van der Waals surface area (Å²) in [5.74, 6) is 1.91. The summed E-state index contributed by atoms with van der Waals surface area (Å²) < 4.78 is 12.4. The zero-order valence-corrected chi connectivity index (χ0v) is 17.6. The summed E-state index contributed by atoms with van der Waals surface area (Å²) in [5.41, 5.74) is 3.56. The van der Waals surface area contributed by atoms with Gasteiger partial charge in [0.1, 0.15) is 6.33 Å². The summed E-state index contributed by atoms with van der Waals surface area (Å²) in [6, 6.07) is 14.1. The van der Waals surface area contributed by atoms with Crippen molar-refractivity contribution in [1.29, 1.82) is 0 Å². The molecule has 1 heterocycles. The molecule has 0 spiro atoms. The Labute approximate surface area is 176 Å². The van der Waals surface area contributed by atoms with E-state index in [0.29, 0.717) is 35.6 Å². The van der Waals surface area contributed by atoms with Crippen LogP contribution in [0, 0.1) is 6.92 Å². The van der Waals surface area contributed by atoms with Crippen molar-refractivity contribution >= 4 is 23.3 Å². The van der Waals surface area contributed by atoms with Gasteiger partial charge in [0.2, 0.25) is 5.95 Å². The largest absolute Gasteiger partial charge is 0.493 e. The van der Waals surface area contributed by atoms with E-state index in [-0.39, 0.29) is 0 Å². The lowest BCUT2D eigenvalue weighted by molar-refractivity contribution is 0.354. The molecule has 0 fully saturated rings. The average molecular weight is 412 g/mol. The maximum Gasteiger partial charge on any atom is 0.248 e. The van der Waals surface area contributed by atoms with E-state index in [1.54, 1.807) is 25.2 Å². The topological polar surface area (TPSA) is 73.2 Å². The molecule has 0 aliphatic carbocycles. The van der Waals surface area contributed by atoms with Crippen molar-refractivity contribution in [2.45, 2.75) is 19.9 Å². The average Bonchev–Trinajstić information content (AvgIpc) is 3.16. The van der Waals surface area contributed by atoms with E-state index in [2.05, 4.69) is 39.8 Å². The molecule has 0 saturated carbocycles. The van der Waals surface area contributed by atoms with Gasteiger partial charge >= 0.3 is 0 Å². The molecule has 7 nitrogen and oxygen atoms in total. The second-order valence-corrected chi connectivity index (χ2v) is 6.92. The highest BCUT2D eigenvalue weighted by molar-refractivity contribution is 7.80. The minimum Gasteiger partial charge on any atom is -0.493 e. The summed E-state index contributed by atoms with van der Waals surface area (Å²) in [7, 11) is 3.25. The highest BCUT2D eigenvalue weighted by Gasteiger charge is 2.07. The van der Waals surface area contributed by atoms with Crippen LogP contribution in [0.2, 0.25) is 0 Å². The van der Waals surface area contributed by atoms with E-state index in [1.807, 2.05) is 30.3 Å². The van der Waals surface area contributed by atoms with Crippen LogP contribution in [0.3, 0.4) is 0 Å². The number of thiocarbonyl (C=S) groups is 1. The Balaban J connectivity index is 1.48. The molecule has 0 aliphatic heterocycles. The normalized spacial score (nSPS) is 10.4. The van der Waals surface area contributed by atoms with Crippen molar-refractivity contribution in [2.75, 3.05) is 26.1 Å². The molecule has 0 bridgehead atoms. The van der Waals surface area contributed by atoms with E-state index in [1.165, 1.54) is 11.1 Å². The number of hydrogen-bond donors (Lipinski definition) is 2. The predicted molar refractivity (Wildman–Crippen MR) is 118 cm³/mol. The summed E-state index contributed by atoms with van der Waals surface area (Å²) in [6.07, 6.45) is 2.48. The van der Waals surface area contributed by atoms with Crippen LogP contribution in [0.25, 0.3) is 0 Å². The van der Waals surface area contributed by atoms with E-state index < -0.39 is 0 Å². The van der Waals surface area contributed by atoms with Crippen LogP contribution in [-0.2, 0) is 13.0 Å². The Morgan fingerprint density at radius 3 is 2.66 bits per heavy atom. The first-order valence-electron chi connectivity index (χ1n) is 9.28. The number of methoxy groups -OCH3 is 2. The van der Waals surface area contributed by atoms with Gasteiger partial charge in [0.05, 0.1) is 20.8 Å². The van der Waals surface area contributed by atoms with Gasteiger partial charge in [-0.1, -0.05) is 30.3 Å². The maximum atomic E-state index is 5.34. The van der Waals surface area contributed by atoms with Gasteiger partial charge in [-0.3, -0.25) is 5.32 Å². The number of aryl methyl sites for hydroxylation is 1. The van der Waals surface area contributed by atoms with Crippen molar-refractivity contribution < 1.29 is 9.47 Å². The van der Waals surface area contributed by atoms with Gasteiger partial charge in [-0.15, -0.1) is 5.10 Å². The van der Waals surface area contributed by atoms with Crippen LogP contribution in [0.4, 0.5) is 5.95 Å². The second-order valence-electron chi connectivity index (χ2n) is 6.51. The van der Waals surface area contributed by atoms with Crippen molar-refractivity contribution in [1.82, 2.24) is 20.1 Å². The molecular weight excluding hydrogens is 386 g/mol. The zero-order chi connectivity index (χ0) is 20.6. The number of aromatic nitrogens is 3. The first kappa shape index (κ1) is 20.6. The summed E-state index contributed by atoms with van der Waals surface area (Å²) in [6.45, 7) is 3.43. The van der Waals surface area contributed by atoms with Crippen LogP contribution in [0.5, 0.6) is 11.5 Å². The number of anilines is 1. The van der Waals surface area contributed by atoms with Crippen LogP contribution in [0.1, 0.15) is 16.7 Å². The van der Waals surface area contributed by atoms with Crippen molar-refractivity contribution in [2.24, 2.45) is 0 Å². The fourth-order valence-corrected chi connectivity index (χ4v) is 3.09. The van der Waals surface area contributed by atoms with Gasteiger partial charge in [-0.2, -0.15) is 0 Å². The first-order valence-corrected chi connectivity index (χ1v) is 9.69. The predicted octanol–water partition coefficient (Wildman–Crippen LogP) is 3.18. The third-order valence-corrected chi connectivity index (χ3v) is 4.75. The molecule has 3 rings (SSSR count). The Hall–Kier alpha value is -3.13. The molecule has 0 amide bonds. The van der Waals surface area contributed by atoms with Gasteiger partial charge in [0, 0.05) is 6.54 Å². The van der Waals surface area contributed by atoms with E-state index in [0.717, 1.165) is 12.0 Å². The second kappa shape index (κ2) is 9.88. The smallest absolute Gasteiger partial charge is 0.248 e. The number of nitrogens with zero attached hydrogens (tertiary/aromatic N) is 3. The van der Waals surface area contributed by atoms with Crippen LogP contribution in [-0.4, -0.2) is 40.6 Å². The fourth-order valence-electron chi connectivity index (χ4n) is 2.89. The standard InChI is InChI=1S/C21H25N5O2S/c1-15-6-4-5-7-17(15)13-26-14-23-20(25-26)24-21(29)22-11-10-16-8-9-18(27-2)19(12-16)28-3/h4-9,12,14H,10-11,13H2,1-3H3,(H2,22,24,25,29). The molecular formula is C21H25N5O2S. The van der Waals surface area contributed by atoms with E-state index >= 15 is 0 Å². The number of rotatable bonds is 8. The van der Waals surface area contributed by atoms with Crippen molar-refractivity contribution in [3.63, 3.8) is 0 Å².